The number of aromatic nitrogens is 4. The Morgan fingerprint density at radius 3 is 2.42 bits per heavy atom. The minimum Gasteiger partial charge on any atom is -0.469 e. The van der Waals surface area contributed by atoms with Crippen LogP contribution in [0.1, 0.15) is 71.6 Å². The second-order valence-corrected chi connectivity index (χ2v) is 7.87. The average molecular weight is 464 g/mol. The first-order chi connectivity index (χ1) is 15.7. The first-order valence-corrected chi connectivity index (χ1v) is 11.3. The number of methoxy groups -OCH3 is 1. The minimum atomic E-state index is -0.307. The lowest BCUT2D eigenvalue weighted by molar-refractivity contribution is -0.148. The van der Waals surface area contributed by atoms with Crippen molar-refractivity contribution in [2.24, 2.45) is 7.05 Å². The number of esters is 2. The van der Waals surface area contributed by atoms with Crippen LogP contribution in [0.4, 0.5) is 5.95 Å². The molecule has 1 saturated carbocycles. The topological polar surface area (TPSA) is 142 Å². The highest BCUT2D eigenvalue weighted by molar-refractivity contribution is 5.70. The van der Waals surface area contributed by atoms with Gasteiger partial charge in [-0.05, 0) is 25.7 Å². The van der Waals surface area contributed by atoms with E-state index in [4.69, 9.17) is 10.5 Å². The number of nitrogens with two attached hydrogens (primary N) is 1. The Balaban J connectivity index is 0.000000256. The van der Waals surface area contributed by atoms with Gasteiger partial charge in [0.25, 0.3) is 5.56 Å². The molecule has 1 aliphatic carbocycles. The van der Waals surface area contributed by atoms with E-state index < -0.39 is 0 Å². The maximum absolute atomic E-state index is 11.2. The highest BCUT2D eigenvalue weighted by Crippen LogP contribution is 2.25. The van der Waals surface area contributed by atoms with Crippen LogP contribution in [0.2, 0.25) is 0 Å². The van der Waals surface area contributed by atoms with Crippen LogP contribution >= 0.6 is 0 Å². The first-order valence-electron chi connectivity index (χ1n) is 11.3. The molecule has 2 heterocycles. The number of hydrogen-bond donors (Lipinski definition) is 2. The van der Waals surface area contributed by atoms with Gasteiger partial charge in [-0.2, -0.15) is 4.98 Å². The fraction of sp³-hybridized carbons (Fsp3) is 0.609. The molecule has 1 fully saturated rings. The van der Waals surface area contributed by atoms with Crippen molar-refractivity contribution in [2.75, 3.05) is 12.8 Å². The number of fused-ring (bicyclic) bond motifs is 1. The van der Waals surface area contributed by atoms with Gasteiger partial charge in [-0.1, -0.05) is 38.8 Å². The van der Waals surface area contributed by atoms with Gasteiger partial charge in [-0.3, -0.25) is 19.4 Å². The molecule has 0 amide bonds. The number of hydrogen-bond acceptors (Lipinski definition) is 8. The fourth-order valence-corrected chi connectivity index (χ4v) is 3.01. The Morgan fingerprint density at radius 1 is 1.24 bits per heavy atom. The van der Waals surface area contributed by atoms with Crippen LogP contribution in [0.25, 0.3) is 11.2 Å². The third kappa shape index (κ3) is 10.3. The van der Waals surface area contributed by atoms with Gasteiger partial charge in [0.1, 0.15) is 6.10 Å². The van der Waals surface area contributed by atoms with E-state index in [2.05, 4.69) is 33.2 Å². The van der Waals surface area contributed by atoms with Gasteiger partial charge in [0.2, 0.25) is 5.95 Å². The maximum atomic E-state index is 11.2. The molecule has 0 spiro atoms. The molecule has 2 aromatic rings. The highest BCUT2D eigenvalue weighted by atomic mass is 16.5. The van der Waals surface area contributed by atoms with Crippen molar-refractivity contribution >= 4 is 29.1 Å². The highest BCUT2D eigenvalue weighted by Gasteiger charge is 2.21. The van der Waals surface area contributed by atoms with Crippen LogP contribution in [-0.4, -0.2) is 44.7 Å². The summed E-state index contributed by atoms with van der Waals surface area (Å²) in [6.45, 7) is 8.00. The Bertz CT molecular complexity index is 966. The van der Waals surface area contributed by atoms with Gasteiger partial charge < -0.3 is 19.8 Å². The lowest BCUT2D eigenvalue weighted by Crippen LogP contribution is -2.14. The summed E-state index contributed by atoms with van der Waals surface area (Å²) < 4.78 is 11.3. The molecule has 1 aliphatic rings. The first kappa shape index (κ1) is 27.9. The number of aryl methyl sites for hydroxylation is 1. The van der Waals surface area contributed by atoms with E-state index in [1.54, 1.807) is 11.6 Å². The van der Waals surface area contributed by atoms with Crippen molar-refractivity contribution in [3.63, 3.8) is 0 Å². The smallest absolute Gasteiger partial charge is 0.306 e. The quantitative estimate of drug-likeness (QED) is 0.470. The van der Waals surface area contributed by atoms with E-state index in [0.717, 1.165) is 44.9 Å². The van der Waals surface area contributed by atoms with E-state index in [0.29, 0.717) is 24.0 Å². The second-order valence-electron chi connectivity index (χ2n) is 7.87. The average Bonchev–Trinajstić information content (AvgIpc) is 3.36. The number of unbranched alkanes of at least 4 members (excludes halogenated alkanes) is 2. The predicted molar refractivity (Wildman–Crippen MR) is 127 cm³/mol. The second kappa shape index (κ2) is 14.8. The number of nitrogen functional groups attached to an aromatic ring is 1. The van der Waals surface area contributed by atoms with E-state index in [-0.39, 0.29) is 29.6 Å². The summed E-state index contributed by atoms with van der Waals surface area (Å²) in [6.07, 6.45) is 9.61. The van der Waals surface area contributed by atoms with Gasteiger partial charge in [-0.15, -0.1) is 0 Å². The molecule has 184 valence electrons. The molecule has 0 aliphatic heterocycles. The van der Waals surface area contributed by atoms with Crippen molar-refractivity contribution in [1.82, 2.24) is 19.5 Å². The number of carbonyl (C=O) groups is 2. The van der Waals surface area contributed by atoms with Crippen molar-refractivity contribution < 1.29 is 19.1 Å². The zero-order chi connectivity index (χ0) is 24.8. The number of H-pyrrole nitrogens is 1. The van der Waals surface area contributed by atoms with E-state index in [1.165, 1.54) is 19.0 Å². The molecular weight excluding hydrogens is 426 g/mol. The molecular formula is C23H37N5O5. The van der Waals surface area contributed by atoms with Gasteiger partial charge in [0.05, 0.1) is 13.4 Å². The standard InChI is InChI=1S/C11H18O2.C6H7N5O.C6H12O2/c1-3-4-5-11(12)13-10-7-6-9(2)8-10;1-11-2-8-3-4(11)9-6(7)10-5(3)12;1-3-4-5-6(7)8-2/h10H,2-8H2,1H3;2H,1H3,(H3,7,9,10,12);3-5H2,1-2H3. The van der Waals surface area contributed by atoms with Crippen LogP contribution in [0.15, 0.2) is 23.3 Å². The minimum absolute atomic E-state index is 0.0402. The zero-order valence-electron chi connectivity index (χ0n) is 20.2. The summed E-state index contributed by atoms with van der Waals surface area (Å²) in [5.74, 6) is -0.0375. The Morgan fingerprint density at radius 2 is 1.88 bits per heavy atom. The van der Waals surface area contributed by atoms with Crippen molar-refractivity contribution in [1.29, 1.82) is 0 Å². The van der Waals surface area contributed by atoms with Gasteiger partial charge in [-0.25, -0.2) is 4.98 Å². The van der Waals surface area contributed by atoms with Gasteiger partial charge in [0.15, 0.2) is 11.2 Å². The normalized spacial score (nSPS) is 14.7. The lowest BCUT2D eigenvalue weighted by atomic mass is 10.2. The molecule has 10 nitrogen and oxygen atoms in total. The Labute approximate surface area is 194 Å². The summed E-state index contributed by atoms with van der Waals surface area (Å²) in [6, 6.07) is 0. The predicted octanol–water partition coefficient (Wildman–Crippen LogP) is 3.42. The monoisotopic (exact) mass is 463 g/mol. The molecule has 33 heavy (non-hydrogen) atoms. The molecule has 0 saturated heterocycles. The SMILES string of the molecule is C=C1CCC(OC(=O)CCCC)C1.CCCCC(=O)OC.Cn1cnc2c(=O)[nH]c(N)nc21. The van der Waals surface area contributed by atoms with Crippen LogP contribution in [0.5, 0.6) is 0 Å². The number of anilines is 1. The van der Waals surface area contributed by atoms with Crippen LogP contribution in [0.3, 0.4) is 0 Å². The molecule has 1 atom stereocenters. The summed E-state index contributed by atoms with van der Waals surface area (Å²) in [7, 11) is 3.17. The number of nitrogens with zero attached hydrogens (tertiary/aromatic N) is 3. The van der Waals surface area contributed by atoms with Gasteiger partial charge in [0, 0.05) is 26.3 Å². The van der Waals surface area contributed by atoms with E-state index in [1.807, 2.05) is 6.92 Å². The molecule has 0 bridgehead atoms. The number of nitrogens with one attached hydrogen (secondary N) is 1. The van der Waals surface area contributed by atoms with Crippen molar-refractivity contribution in [3.8, 4) is 0 Å². The summed E-state index contributed by atoms with van der Waals surface area (Å²) in [5, 5.41) is 0. The number of aromatic amines is 1. The van der Waals surface area contributed by atoms with Gasteiger partial charge >= 0.3 is 11.9 Å². The summed E-state index contributed by atoms with van der Waals surface area (Å²) in [4.78, 5) is 42.9. The molecule has 3 rings (SSSR count). The zero-order valence-corrected chi connectivity index (χ0v) is 20.2. The van der Waals surface area contributed by atoms with E-state index >= 15 is 0 Å². The van der Waals surface area contributed by atoms with Crippen molar-refractivity contribution in [2.45, 2.75) is 77.7 Å². The number of imidazole rings is 1. The largest absolute Gasteiger partial charge is 0.469 e. The number of ether oxygens (including phenoxy) is 2. The lowest BCUT2D eigenvalue weighted by Gasteiger charge is -2.10. The molecule has 1 unspecified atom stereocenters. The Kier molecular flexibility index (Phi) is 12.5. The number of rotatable bonds is 7. The third-order valence-electron chi connectivity index (χ3n) is 4.92. The van der Waals surface area contributed by atoms with Crippen molar-refractivity contribution in [3.05, 3.63) is 28.8 Å². The van der Waals surface area contributed by atoms with Crippen LogP contribution in [0, 0.1) is 0 Å². The molecule has 10 heteroatoms. The number of carbonyl (C=O) groups excluding carboxylic acids is 2. The summed E-state index contributed by atoms with van der Waals surface area (Å²) in [5.41, 5.74) is 7.06. The van der Waals surface area contributed by atoms with Crippen LogP contribution in [-0.2, 0) is 26.1 Å². The van der Waals surface area contributed by atoms with E-state index in [9.17, 15) is 14.4 Å². The third-order valence-corrected chi connectivity index (χ3v) is 4.92. The molecule has 0 radical (unpaired) electrons. The molecule has 3 N–H and O–H groups in total. The Hall–Kier alpha value is -3.17. The summed E-state index contributed by atoms with van der Waals surface area (Å²) >= 11 is 0. The molecule has 0 aromatic carbocycles. The van der Waals surface area contributed by atoms with Crippen LogP contribution < -0.4 is 11.3 Å². The molecule has 2 aromatic heterocycles. The maximum Gasteiger partial charge on any atom is 0.306 e. The fourth-order valence-electron chi connectivity index (χ4n) is 3.01.